The zero-order chi connectivity index (χ0) is 13.6. The minimum atomic E-state index is -0.287. The van der Waals surface area contributed by atoms with Crippen molar-refractivity contribution >= 4 is 21.9 Å². The zero-order valence-corrected chi connectivity index (χ0v) is 10.0. The molecule has 0 atom stereocenters. The van der Waals surface area contributed by atoms with E-state index in [9.17, 15) is 15.0 Å². The predicted molar refractivity (Wildman–Crippen MR) is 69.9 cm³/mol. The summed E-state index contributed by atoms with van der Waals surface area (Å²) in [5, 5.41) is 20.0. The van der Waals surface area contributed by atoms with Gasteiger partial charge in [-0.2, -0.15) is 0 Å². The first-order valence-corrected chi connectivity index (χ1v) is 5.58. The second-order valence-corrected chi connectivity index (χ2v) is 4.08. The molecule has 1 aromatic heterocycles. The first-order chi connectivity index (χ1) is 9.13. The average molecular weight is 258 g/mol. The van der Waals surface area contributed by atoms with Gasteiger partial charge in [0, 0.05) is 0 Å². The van der Waals surface area contributed by atoms with E-state index in [1.807, 2.05) is 0 Å². The summed E-state index contributed by atoms with van der Waals surface area (Å²) in [5.74, 6) is -0.199. The van der Waals surface area contributed by atoms with E-state index in [1.165, 1.54) is 25.3 Å². The molecule has 3 rings (SSSR count). The lowest BCUT2D eigenvalue weighted by Crippen LogP contribution is -2.02. The van der Waals surface area contributed by atoms with Crippen LogP contribution in [0.2, 0.25) is 0 Å². The zero-order valence-electron chi connectivity index (χ0n) is 10.0. The van der Waals surface area contributed by atoms with Gasteiger partial charge in [-0.15, -0.1) is 0 Å². The quantitative estimate of drug-likeness (QED) is 0.655. The second-order valence-electron chi connectivity index (χ2n) is 4.08. The molecule has 0 unspecified atom stereocenters. The first kappa shape index (κ1) is 11.4. The molecule has 2 aromatic carbocycles. The SMILES string of the molecule is COc1c(O)ccc2c(=O)c3cccc(O)c3oc12. The van der Waals surface area contributed by atoms with Crippen LogP contribution in [0.25, 0.3) is 21.9 Å². The van der Waals surface area contributed by atoms with Gasteiger partial charge in [-0.05, 0) is 24.3 Å². The Hall–Kier alpha value is -2.69. The van der Waals surface area contributed by atoms with Crippen LogP contribution in [-0.4, -0.2) is 17.3 Å². The molecule has 96 valence electrons. The summed E-state index contributed by atoms with van der Waals surface area (Å²) in [7, 11) is 1.36. The summed E-state index contributed by atoms with van der Waals surface area (Å²) in [5.41, 5.74) is -0.101. The Bertz CT molecular complexity index is 848. The average Bonchev–Trinajstić information content (AvgIpc) is 2.40. The number of benzene rings is 2. The number of aromatic hydroxyl groups is 2. The molecule has 0 radical (unpaired) electrons. The molecule has 0 aliphatic heterocycles. The van der Waals surface area contributed by atoms with Crippen molar-refractivity contribution in [3.63, 3.8) is 0 Å². The third-order valence-electron chi connectivity index (χ3n) is 2.98. The fraction of sp³-hybridized carbons (Fsp3) is 0.0714. The fourth-order valence-corrected chi connectivity index (χ4v) is 2.09. The Kier molecular flexibility index (Phi) is 2.35. The maximum Gasteiger partial charge on any atom is 0.204 e. The molecular formula is C14H10O5. The number of hydrogen-bond acceptors (Lipinski definition) is 5. The smallest absolute Gasteiger partial charge is 0.204 e. The van der Waals surface area contributed by atoms with Crippen LogP contribution in [0.3, 0.4) is 0 Å². The Morgan fingerprint density at radius 1 is 1.00 bits per heavy atom. The highest BCUT2D eigenvalue weighted by Crippen LogP contribution is 2.36. The second kappa shape index (κ2) is 3.91. The highest BCUT2D eigenvalue weighted by Gasteiger charge is 2.16. The van der Waals surface area contributed by atoms with E-state index < -0.39 is 0 Å². The lowest BCUT2D eigenvalue weighted by Gasteiger charge is -2.08. The summed E-state index contributed by atoms with van der Waals surface area (Å²) < 4.78 is 10.6. The highest BCUT2D eigenvalue weighted by molar-refractivity contribution is 5.95. The van der Waals surface area contributed by atoms with Crippen molar-refractivity contribution in [2.45, 2.75) is 0 Å². The molecule has 2 N–H and O–H groups in total. The first-order valence-electron chi connectivity index (χ1n) is 5.58. The molecule has 1 heterocycles. The normalized spacial score (nSPS) is 11.0. The molecular weight excluding hydrogens is 248 g/mol. The fourth-order valence-electron chi connectivity index (χ4n) is 2.09. The van der Waals surface area contributed by atoms with Gasteiger partial charge in [0.15, 0.2) is 22.7 Å². The van der Waals surface area contributed by atoms with E-state index in [0.717, 1.165) is 0 Å². The lowest BCUT2D eigenvalue weighted by atomic mass is 10.1. The van der Waals surface area contributed by atoms with Crippen LogP contribution in [0.1, 0.15) is 0 Å². The van der Waals surface area contributed by atoms with Gasteiger partial charge in [-0.25, -0.2) is 0 Å². The number of rotatable bonds is 1. The van der Waals surface area contributed by atoms with Gasteiger partial charge in [0.1, 0.15) is 0 Å². The summed E-state index contributed by atoms with van der Waals surface area (Å²) in [6.07, 6.45) is 0. The van der Waals surface area contributed by atoms with E-state index in [0.29, 0.717) is 0 Å². The number of methoxy groups -OCH3 is 1. The van der Waals surface area contributed by atoms with Crippen molar-refractivity contribution in [3.05, 3.63) is 40.6 Å². The summed E-state index contributed by atoms with van der Waals surface area (Å²) in [6.45, 7) is 0. The van der Waals surface area contributed by atoms with Crippen LogP contribution in [0.4, 0.5) is 0 Å². The number of fused-ring (bicyclic) bond motifs is 2. The lowest BCUT2D eigenvalue weighted by molar-refractivity contribution is 0.371. The van der Waals surface area contributed by atoms with Gasteiger partial charge in [-0.1, -0.05) is 6.07 Å². The van der Waals surface area contributed by atoms with Crippen molar-refractivity contribution in [1.82, 2.24) is 0 Å². The van der Waals surface area contributed by atoms with Gasteiger partial charge in [0.25, 0.3) is 0 Å². The maximum atomic E-state index is 12.3. The largest absolute Gasteiger partial charge is 0.504 e. The minimum absolute atomic E-state index is 0.0692. The Balaban J connectivity index is 2.62. The van der Waals surface area contributed by atoms with Crippen molar-refractivity contribution < 1.29 is 19.4 Å². The molecule has 19 heavy (non-hydrogen) atoms. The van der Waals surface area contributed by atoms with Crippen LogP contribution < -0.4 is 10.2 Å². The van der Waals surface area contributed by atoms with Crippen molar-refractivity contribution in [1.29, 1.82) is 0 Å². The van der Waals surface area contributed by atoms with Gasteiger partial charge in [-0.3, -0.25) is 4.79 Å². The van der Waals surface area contributed by atoms with Crippen LogP contribution in [0.5, 0.6) is 17.2 Å². The standard InChI is InChI=1S/C14H10O5/c1-18-14-10(16)6-5-8-11(17)7-3-2-4-9(15)12(7)19-13(8)14/h2-6,15-16H,1H3. The van der Waals surface area contributed by atoms with Crippen LogP contribution in [-0.2, 0) is 0 Å². The molecule has 5 heteroatoms. The third-order valence-corrected chi connectivity index (χ3v) is 2.98. The molecule has 0 amide bonds. The molecule has 0 saturated heterocycles. The molecule has 0 bridgehead atoms. The molecule has 5 nitrogen and oxygen atoms in total. The van der Waals surface area contributed by atoms with Gasteiger partial charge in [0.2, 0.25) is 11.2 Å². The van der Waals surface area contributed by atoms with E-state index >= 15 is 0 Å². The van der Waals surface area contributed by atoms with E-state index in [4.69, 9.17) is 9.15 Å². The molecule has 0 fully saturated rings. The van der Waals surface area contributed by atoms with Crippen molar-refractivity contribution in [2.75, 3.05) is 7.11 Å². The number of hydrogen-bond donors (Lipinski definition) is 2. The third kappa shape index (κ3) is 1.52. The maximum absolute atomic E-state index is 12.3. The molecule has 0 aliphatic rings. The topological polar surface area (TPSA) is 79.9 Å². The Morgan fingerprint density at radius 2 is 1.74 bits per heavy atom. The van der Waals surface area contributed by atoms with Gasteiger partial charge >= 0.3 is 0 Å². The summed E-state index contributed by atoms with van der Waals surface area (Å²) >= 11 is 0. The van der Waals surface area contributed by atoms with Crippen LogP contribution in [0.15, 0.2) is 39.5 Å². The number of para-hydroxylation sites is 1. The Morgan fingerprint density at radius 3 is 2.47 bits per heavy atom. The molecule has 0 aliphatic carbocycles. The number of ether oxygens (including phenoxy) is 1. The summed E-state index contributed by atoms with van der Waals surface area (Å²) in [6, 6.07) is 7.39. The number of phenolic OH excluding ortho intramolecular Hbond substituents is 2. The van der Waals surface area contributed by atoms with Crippen LogP contribution in [0, 0.1) is 0 Å². The van der Waals surface area contributed by atoms with E-state index in [-0.39, 0.29) is 44.6 Å². The molecule has 0 spiro atoms. The van der Waals surface area contributed by atoms with E-state index in [2.05, 4.69) is 0 Å². The summed E-state index contributed by atoms with van der Waals surface area (Å²) in [4.78, 5) is 12.3. The minimum Gasteiger partial charge on any atom is -0.504 e. The van der Waals surface area contributed by atoms with Crippen molar-refractivity contribution in [3.8, 4) is 17.2 Å². The monoisotopic (exact) mass is 258 g/mol. The van der Waals surface area contributed by atoms with Gasteiger partial charge in [0.05, 0.1) is 17.9 Å². The van der Waals surface area contributed by atoms with E-state index in [1.54, 1.807) is 12.1 Å². The Labute approximate surface area is 107 Å². The number of phenols is 2. The van der Waals surface area contributed by atoms with Crippen LogP contribution >= 0.6 is 0 Å². The predicted octanol–water partition coefficient (Wildman–Crippen LogP) is 2.37. The molecule has 3 aromatic rings. The van der Waals surface area contributed by atoms with Crippen molar-refractivity contribution in [2.24, 2.45) is 0 Å². The van der Waals surface area contributed by atoms with Gasteiger partial charge < -0.3 is 19.4 Å². The molecule has 0 saturated carbocycles. The highest BCUT2D eigenvalue weighted by atomic mass is 16.5.